The van der Waals surface area contributed by atoms with Crippen molar-refractivity contribution in [3.05, 3.63) is 35.4 Å². The molecule has 3 amide bonds. The molecular formula is C19H20N2O6. The second-order valence-electron chi connectivity index (χ2n) is 7.31. The van der Waals surface area contributed by atoms with Gasteiger partial charge in [-0.1, -0.05) is 12.1 Å². The van der Waals surface area contributed by atoms with Crippen molar-refractivity contribution in [1.82, 2.24) is 9.80 Å². The normalized spacial score (nSPS) is 26.9. The molecule has 0 spiro atoms. The van der Waals surface area contributed by atoms with Crippen molar-refractivity contribution in [2.45, 2.75) is 12.8 Å². The van der Waals surface area contributed by atoms with Gasteiger partial charge in [-0.15, -0.1) is 0 Å². The Kier molecular flexibility index (Phi) is 4.22. The van der Waals surface area contributed by atoms with Crippen molar-refractivity contribution in [2.75, 3.05) is 32.8 Å². The van der Waals surface area contributed by atoms with Gasteiger partial charge in [0.05, 0.1) is 23.1 Å². The SMILES string of the molecule is O=C(CCN1C(=O)c2ccccc2C1=O)N1C[C@H]2COCC[C@@]2(C(=O)O)C1. The molecule has 0 aromatic heterocycles. The summed E-state index contributed by atoms with van der Waals surface area (Å²) in [5.74, 6) is -2.16. The standard InChI is InChI=1S/C19H20N2O6/c22-15(20-9-12-10-27-8-6-19(12,11-20)18(25)26)5-7-21-16(23)13-3-1-2-4-14(13)17(21)24/h1-4,12H,5-11H2,(H,25,26)/t12-,19+/m0/s1. The van der Waals surface area contributed by atoms with E-state index in [-0.39, 0.29) is 31.3 Å². The Morgan fingerprint density at radius 1 is 1.19 bits per heavy atom. The predicted octanol–water partition coefficient (Wildman–Crippen LogP) is 0.622. The molecular weight excluding hydrogens is 352 g/mol. The third kappa shape index (κ3) is 2.71. The summed E-state index contributed by atoms with van der Waals surface area (Å²) in [6.45, 7) is 1.17. The average Bonchev–Trinajstić information content (AvgIpc) is 3.18. The first-order valence-electron chi connectivity index (χ1n) is 8.98. The number of ether oxygens (including phenoxy) is 1. The predicted molar refractivity (Wildman–Crippen MR) is 92.0 cm³/mol. The molecule has 1 aromatic carbocycles. The maximum atomic E-state index is 12.6. The number of benzene rings is 1. The number of carbonyl (C=O) groups is 4. The fraction of sp³-hybridized carbons (Fsp3) is 0.474. The Morgan fingerprint density at radius 2 is 1.85 bits per heavy atom. The molecule has 0 saturated carbocycles. The van der Waals surface area contributed by atoms with Crippen molar-refractivity contribution in [1.29, 1.82) is 0 Å². The Labute approximate surface area is 155 Å². The molecule has 3 aliphatic heterocycles. The van der Waals surface area contributed by atoms with Crippen LogP contribution in [0.15, 0.2) is 24.3 Å². The number of imide groups is 1. The van der Waals surface area contributed by atoms with Gasteiger partial charge in [0.1, 0.15) is 0 Å². The van der Waals surface area contributed by atoms with E-state index in [1.807, 2.05) is 0 Å². The van der Waals surface area contributed by atoms with Gasteiger partial charge in [-0.25, -0.2) is 0 Å². The fourth-order valence-corrected chi connectivity index (χ4v) is 4.30. The Hall–Kier alpha value is -2.74. The van der Waals surface area contributed by atoms with Crippen LogP contribution in [0.2, 0.25) is 0 Å². The van der Waals surface area contributed by atoms with Crippen molar-refractivity contribution < 1.29 is 29.0 Å². The lowest BCUT2D eigenvalue weighted by Gasteiger charge is -2.33. The van der Waals surface area contributed by atoms with Crippen LogP contribution in [0.3, 0.4) is 0 Å². The van der Waals surface area contributed by atoms with Crippen LogP contribution in [-0.2, 0) is 14.3 Å². The lowest BCUT2D eigenvalue weighted by atomic mass is 9.74. The second kappa shape index (κ2) is 6.45. The molecule has 142 valence electrons. The highest BCUT2D eigenvalue weighted by molar-refractivity contribution is 6.21. The minimum absolute atomic E-state index is 0.0110. The van der Waals surface area contributed by atoms with Crippen LogP contribution in [0.1, 0.15) is 33.6 Å². The Bertz CT molecular complexity index is 802. The number of carboxylic acid groups (broad SMARTS) is 1. The van der Waals surface area contributed by atoms with Gasteiger partial charge in [-0.2, -0.15) is 0 Å². The maximum absolute atomic E-state index is 12.6. The van der Waals surface area contributed by atoms with Gasteiger partial charge in [0, 0.05) is 38.6 Å². The highest BCUT2D eigenvalue weighted by atomic mass is 16.5. The molecule has 8 nitrogen and oxygen atoms in total. The van der Waals surface area contributed by atoms with Crippen LogP contribution in [-0.4, -0.2) is 71.4 Å². The second-order valence-corrected chi connectivity index (χ2v) is 7.31. The van der Waals surface area contributed by atoms with E-state index in [0.29, 0.717) is 37.3 Å². The fourth-order valence-electron chi connectivity index (χ4n) is 4.30. The van der Waals surface area contributed by atoms with Crippen molar-refractivity contribution in [2.24, 2.45) is 11.3 Å². The number of likely N-dealkylation sites (tertiary alicyclic amines) is 1. The van der Waals surface area contributed by atoms with E-state index in [1.54, 1.807) is 24.3 Å². The van der Waals surface area contributed by atoms with E-state index >= 15 is 0 Å². The smallest absolute Gasteiger partial charge is 0.311 e. The van der Waals surface area contributed by atoms with E-state index in [0.717, 1.165) is 4.90 Å². The van der Waals surface area contributed by atoms with Crippen molar-refractivity contribution in [3.8, 4) is 0 Å². The third-order valence-electron chi connectivity index (χ3n) is 5.91. The monoisotopic (exact) mass is 372 g/mol. The van der Waals surface area contributed by atoms with Gasteiger partial charge < -0.3 is 14.7 Å². The molecule has 3 heterocycles. The summed E-state index contributed by atoms with van der Waals surface area (Å²) in [5, 5.41) is 9.68. The van der Waals surface area contributed by atoms with Gasteiger partial charge in [0.25, 0.3) is 11.8 Å². The van der Waals surface area contributed by atoms with Crippen molar-refractivity contribution in [3.63, 3.8) is 0 Å². The van der Waals surface area contributed by atoms with Gasteiger partial charge in [-0.05, 0) is 18.6 Å². The highest BCUT2D eigenvalue weighted by Gasteiger charge is 2.54. The van der Waals surface area contributed by atoms with E-state index in [2.05, 4.69) is 0 Å². The number of hydrogen-bond donors (Lipinski definition) is 1. The van der Waals surface area contributed by atoms with Crippen LogP contribution in [0.25, 0.3) is 0 Å². The van der Waals surface area contributed by atoms with Gasteiger partial charge in [0.2, 0.25) is 5.91 Å². The number of nitrogens with zero attached hydrogens (tertiary/aromatic N) is 2. The minimum Gasteiger partial charge on any atom is -0.481 e. The van der Waals surface area contributed by atoms with Crippen LogP contribution < -0.4 is 0 Å². The molecule has 0 bridgehead atoms. The average molecular weight is 372 g/mol. The number of amides is 3. The number of carboxylic acids is 1. The van der Waals surface area contributed by atoms with Gasteiger partial charge in [-0.3, -0.25) is 24.1 Å². The molecule has 8 heteroatoms. The largest absolute Gasteiger partial charge is 0.481 e. The highest BCUT2D eigenvalue weighted by Crippen LogP contribution is 2.42. The Morgan fingerprint density at radius 3 is 2.44 bits per heavy atom. The zero-order valence-electron chi connectivity index (χ0n) is 14.7. The molecule has 0 unspecified atom stereocenters. The van der Waals surface area contributed by atoms with Crippen LogP contribution in [0.5, 0.6) is 0 Å². The quantitative estimate of drug-likeness (QED) is 0.777. The topological polar surface area (TPSA) is 104 Å². The minimum atomic E-state index is -0.955. The van der Waals surface area contributed by atoms with Crippen LogP contribution >= 0.6 is 0 Å². The summed E-state index contributed by atoms with van der Waals surface area (Å²) in [5.41, 5.74) is -0.253. The summed E-state index contributed by atoms with van der Waals surface area (Å²) >= 11 is 0. The lowest BCUT2D eigenvalue weighted by Crippen LogP contribution is -2.45. The molecule has 0 radical (unpaired) electrons. The summed E-state index contributed by atoms with van der Waals surface area (Å²) < 4.78 is 5.39. The van der Waals surface area contributed by atoms with Gasteiger partial charge in [0.15, 0.2) is 0 Å². The summed E-state index contributed by atoms with van der Waals surface area (Å²) in [4.78, 5) is 51.8. The molecule has 2 atom stereocenters. The number of carbonyl (C=O) groups excluding carboxylic acids is 3. The molecule has 2 fully saturated rings. The van der Waals surface area contributed by atoms with Gasteiger partial charge >= 0.3 is 5.97 Å². The number of fused-ring (bicyclic) bond motifs is 2. The summed E-state index contributed by atoms with van der Waals surface area (Å²) in [6.07, 6.45) is 0.365. The zero-order chi connectivity index (χ0) is 19.2. The van der Waals surface area contributed by atoms with Crippen LogP contribution in [0, 0.1) is 11.3 Å². The zero-order valence-corrected chi connectivity index (χ0v) is 14.7. The van der Waals surface area contributed by atoms with E-state index in [4.69, 9.17) is 4.74 Å². The maximum Gasteiger partial charge on any atom is 0.311 e. The molecule has 1 aromatic rings. The first-order chi connectivity index (χ1) is 12.9. The van der Waals surface area contributed by atoms with Crippen molar-refractivity contribution >= 4 is 23.7 Å². The first-order valence-corrected chi connectivity index (χ1v) is 8.98. The number of aliphatic carboxylic acids is 1. The lowest BCUT2D eigenvalue weighted by molar-refractivity contribution is -0.157. The van der Waals surface area contributed by atoms with E-state index in [9.17, 15) is 24.3 Å². The van der Waals surface area contributed by atoms with E-state index < -0.39 is 23.2 Å². The first kappa shape index (κ1) is 17.7. The molecule has 27 heavy (non-hydrogen) atoms. The van der Waals surface area contributed by atoms with E-state index in [1.165, 1.54) is 4.90 Å². The third-order valence-corrected chi connectivity index (χ3v) is 5.91. The molecule has 4 rings (SSSR count). The molecule has 3 aliphatic rings. The molecule has 2 saturated heterocycles. The molecule has 1 N–H and O–H groups in total. The summed E-state index contributed by atoms with van der Waals surface area (Å²) in [7, 11) is 0. The molecule has 0 aliphatic carbocycles. The Balaban J connectivity index is 1.42. The summed E-state index contributed by atoms with van der Waals surface area (Å²) in [6, 6.07) is 6.58. The number of rotatable bonds is 4. The number of hydrogen-bond acceptors (Lipinski definition) is 5. The van der Waals surface area contributed by atoms with Crippen LogP contribution in [0.4, 0.5) is 0 Å².